The Labute approximate surface area is 242 Å². The number of hydrogen-bond donors (Lipinski definition) is 2. The van der Waals surface area contributed by atoms with Gasteiger partial charge in [0.1, 0.15) is 18.3 Å². The lowest BCUT2D eigenvalue weighted by atomic mass is 9.85. The number of benzene rings is 3. The van der Waals surface area contributed by atoms with Crippen LogP contribution in [0.2, 0.25) is 0 Å². The first-order valence-electron chi connectivity index (χ1n) is 14.1. The van der Waals surface area contributed by atoms with Crippen LogP contribution in [0.5, 0.6) is 5.75 Å². The Balaban J connectivity index is 1.33. The molecule has 41 heavy (non-hydrogen) atoms. The number of hydrogen-bond acceptors (Lipinski definition) is 5. The molecule has 1 atom stereocenters. The quantitative estimate of drug-likeness (QED) is 0.237. The van der Waals surface area contributed by atoms with Gasteiger partial charge in [-0.05, 0) is 65.8 Å². The number of rotatable bonds is 14. The van der Waals surface area contributed by atoms with Crippen molar-refractivity contribution in [3.63, 3.8) is 0 Å². The molecule has 0 fully saturated rings. The van der Waals surface area contributed by atoms with Gasteiger partial charge >= 0.3 is 0 Å². The van der Waals surface area contributed by atoms with Crippen LogP contribution in [0.15, 0.2) is 72.8 Å². The highest BCUT2D eigenvalue weighted by molar-refractivity contribution is 5.94. The van der Waals surface area contributed by atoms with Crippen LogP contribution in [-0.4, -0.2) is 50.2 Å². The number of anilines is 1. The zero-order valence-electron chi connectivity index (χ0n) is 24.1. The van der Waals surface area contributed by atoms with Crippen molar-refractivity contribution in [1.29, 1.82) is 0 Å². The Morgan fingerprint density at radius 2 is 1.88 bits per heavy atom. The van der Waals surface area contributed by atoms with E-state index in [1.807, 2.05) is 44.2 Å². The van der Waals surface area contributed by atoms with E-state index in [4.69, 9.17) is 9.47 Å². The first kappa shape index (κ1) is 30.1. The molecule has 1 aliphatic rings. The van der Waals surface area contributed by atoms with Gasteiger partial charge in [-0.15, -0.1) is 0 Å². The van der Waals surface area contributed by atoms with Crippen molar-refractivity contribution < 1.29 is 23.5 Å². The predicted octanol–water partition coefficient (Wildman–Crippen LogP) is 5.97. The predicted molar refractivity (Wildman–Crippen MR) is 158 cm³/mol. The van der Waals surface area contributed by atoms with E-state index < -0.39 is 0 Å². The third-order valence-corrected chi connectivity index (χ3v) is 7.50. The monoisotopic (exact) mass is 561 g/mol. The molecule has 0 radical (unpaired) electrons. The molecular formula is C33H40FN3O4. The van der Waals surface area contributed by atoms with Crippen LogP contribution < -0.4 is 15.4 Å². The Hall–Kier alpha value is -3.91. The van der Waals surface area contributed by atoms with E-state index in [1.165, 1.54) is 6.07 Å². The van der Waals surface area contributed by atoms with Gasteiger partial charge in [-0.25, -0.2) is 4.39 Å². The van der Waals surface area contributed by atoms with Gasteiger partial charge in [0.2, 0.25) is 5.91 Å². The van der Waals surface area contributed by atoms with Crippen LogP contribution in [0.25, 0.3) is 0 Å². The van der Waals surface area contributed by atoms with Gasteiger partial charge in [0.05, 0.1) is 13.7 Å². The second kappa shape index (κ2) is 14.1. The highest BCUT2D eigenvalue weighted by Crippen LogP contribution is 2.34. The summed E-state index contributed by atoms with van der Waals surface area (Å²) in [7, 11) is 1.57. The van der Waals surface area contributed by atoms with E-state index in [-0.39, 0.29) is 35.7 Å². The van der Waals surface area contributed by atoms with Crippen LogP contribution in [-0.2, 0) is 16.1 Å². The molecule has 1 heterocycles. The van der Waals surface area contributed by atoms with E-state index in [0.717, 1.165) is 16.8 Å². The molecule has 218 valence electrons. The molecule has 0 spiro atoms. The summed E-state index contributed by atoms with van der Waals surface area (Å²) >= 11 is 0. The lowest BCUT2D eigenvalue weighted by molar-refractivity contribution is -0.139. The molecule has 1 aliphatic heterocycles. The van der Waals surface area contributed by atoms with Gasteiger partial charge in [0, 0.05) is 43.2 Å². The zero-order valence-corrected chi connectivity index (χ0v) is 24.1. The van der Waals surface area contributed by atoms with E-state index >= 15 is 0 Å². The lowest BCUT2D eigenvalue weighted by Gasteiger charge is -2.30. The summed E-state index contributed by atoms with van der Waals surface area (Å²) in [5.41, 5.74) is 3.13. The highest BCUT2D eigenvalue weighted by atomic mass is 19.1. The number of amides is 2. The molecular weight excluding hydrogens is 521 g/mol. The molecule has 0 aromatic heterocycles. The fraction of sp³-hybridized carbons (Fsp3) is 0.394. The normalized spacial score (nSPS) is 14.2. The van der Waals surface area contributed by atoms with Crippen LogP contribution in [0, 0.1) is 11.2 Å². The summed E-state index contributed by atoms with van der Waals surface area (Å²) in [5.74, 6) is 0.304. The van der Waals surface area contributed by atoms with Gasteiger partial charge in [0.25, 0.3) is 5.91 Å². The number of ether oxygens (including phenoxy) is 2. The number of nitrogens with one attached hydrogen (secondary N) is 2. The molecule has 0 bridgehead atoms. The van der Waals surface area contributed by atoms with Crippen molar-refractivity contribution >= 4 is 17.5 Å². The Bertz CT molecular complexity index is 1310. The van der Waals surface area contributed by atoms with Crippen LogP contribution >= 0.6 is 0 Å². The molecule has 3 aromatic carbocycles. The molecule has 3 aromatic rings. The van der Waals surface area contributed by atoms with E-state index in [0.29, 0.717) is 56.8 Å². The minimum absolute atomic E-state index is 0.00685. The molecule has 2 N–H and O–H groups in total. The van der Waals surface area contributed by atoms with Crippen molar-refractivity contribution in [3.8, 4) is 5.75 Å². The Kier molecular flexibility index (Phi) is 10.4. The fourth-order valence-corrected chi connectivity index (χ4v) is 5.04. The maximum atomic E-state index is 13.9. The number of carbonyl (C=O) groups is 2. The number of halogens is 1. The second-order valence-corrected chi connectivity index (χ2v) is 11.3. The van der Waals surface area contributed by atoms with Crippen molar-refractivity contribution in [2.75, 3.05) is 38.8 Å². The highest BCUT2D eigenvalue weighted by Gasteiger charge is 2.28. The van der Waals surface area contributed by atoms with Gasteiger partial charge in [0.15, 0.2) is 0 Å². The van der Waals surface area contributed by atoms with Crippen molar-refractivity contribution in [3.05, 3.63) is 95.3 Å². The maximum absolute atomic E-state index is 13.9. The largest absolute Gasteiger partial charge is 0.497 e. The number of methoxy groups -OCH3 is 1. The molecule has 7 nitrogen and oxygen atoms in total. The summed E-state index contributed by atoms with van der Waals surface area (Å²) in [5, 5.41) is 6.30. The molecule has 1 unspecified atom stereocenters. The van der Waals surface area contributed by atoms with E-state index in [9.17, 15) is 14.0 Å². The molecule has 8 heteroatoms. The van der Waals surface area contributed by atoms with Gasteiger partial charge in [-0.1, -0.05) is 50.2 Å². The van der Waals surface area contributed by atoms with Crippen molar-refractivity contribution in [2.24, 2.45) is 5.41 Å². The summed E-state index contributed by atoms with van der Waals surface area (Å²) in [6.45, 7) is 6.30. The summed E-state index contributed by atoms with van der Waals surface area (Å²) in [6.07, 6.45) is 1.64. The number of nitrogens with zero attached hydrogens (tertiary/aromatic N) is 1. The third kappa shape index (κ3) is 8.79. The van der Waals surface area contributed by atoms with Crippen LogP contribution in [0.4, 0.5) is 10.1 Å². The number of carbonyl (C=O) groups excluding carboxylic acids is 2. The molecule has 2 amide bonds. The maximum Gasteiger partial charge on any atom is 0.251 e. The third-order valence-electron chi connectivity index (χ3n) is 7.50. The first-order chi connectivity index (χ1) is 19.7. The lowest BCUT2D eigenvalue weighted by Crippen LogP contribution is -2.38. The minimum atomic E-state index is -0.346. The summed E-state index contributed by atoms with van der Waals surface area (Å²) in [4.78, 5) is 27.9. The smallest absolute Gasteiger partial charge is 0.251 e. The average molecular weight is 562 g/mol. The van der Waals surface area contributed by atoms with E-state index in [2.05, 4.69) is 10.6 Å². The van der Waals surface area contributed by atoms with Crippen molar-refractivity contribution in [2.45, 2.75) is 45.6 Å². The topological polar surface area (TPSA) is 79.9 Å². The molecule has 0 aliphatic carbocycles. The van der Waals surface area contributed by atoms with Gasteiger partial charge in [-0.2, -0.15) is 0 Å². The summed E-state index contributed by atoms with van der Waals surface area (Å²) in [6, 6.07) is 21.7. The van der Waals surface area contributed by atoms with Gasteiger partial charge in [-0.3, -0.25) is 9.59 Å². The van der Waals surface area contributed by atoms with Crippen LogP contribution in [0.3, 0.4) is 0 Å². The minimum Gasteiger partial charge on any atom is -0.497 e. The SMILES string of the molecule is COc1cccc(C(=O)NCCC(C)(C)CC(=O)N(CCC2CNc3ccc(F)cc32)COCc2ccccc2)c1. The average Bonchev–Trinajstić information content (AvgIpc) is 3.36. The Morgan fingerprint density at radius 3 is 2.66 bits per heavy atom. The zero-order chi connectivity index (χ0) is 29.2. The molecule has 4 rings (SSSR count). The first-order valence-corrected chi connectivity index (χ1v) is 14.1. The number of fused-ring (bicyclic) bond motifs is 1. The molecule has 0 saturated carbocycles. The summed E-state index contributed by atoms with van der Waals surface area (Å²) < 4.78 is 25.1. The van der Waals surface area contributed by atoms with Crippen LogP contribution in [0.1, 0.15) is 60.5 Å². The van der Waals surface area contributed by atoms with Gasteiger partial charge < -0.3 is 25.0 Å². The molecule has 0 saturated heterocycles. The van der Waals surface area contributed by atoms with E-state index in [1.54, 1.807) is 48.4 Å². The second-order valence-electron chi connectivity index (χ2n) is 11.3. The Morgan fingerprint density at radius 1 is 1.07 bits per heavy atom. The standard InChI is InChI=1S/C33H40FN3O4/c1-33(2,15-16-35-32(39)25-10-7-11-28(18-25)40-3)20-31(38)37(23-41-22-24-8-5-4-6-9-24)17-14-26-21-36-30-13-12-27(34)19-29(26)30/h4-13,18-19,26,36H,14-17,20-23H2,1-3H3,(H,35,39). The van der Waals surface area contributed by atoms with Crippen molar-refractivity contribution in [1.82, 2.24) is 10.2 Å². The fourth-order valence-electron chi connectivity index (χ4n) is 5.04.